The maximum Gasteiger partial charge on any atom is 0.349 e. The lowest BCUT2D eigenvalue weighted by Crippen LogP contribution is -2.17. The second kappa shape index (κ2) is 4.17. The van der Waals surface area contributed by atoms with Crippen LogP contribution in [0.4, 0.5) is 5.82 Å². The summed E-state index contributed by atoms with van der Waals surface area (Å²) in [7, 11) is 0. The van der Waals surface area contributed by atoms with Gasteiger partial charge < -0.3 is 10.2 Å². The number of H-pyrrole nitrogens is 1. The summed E-state index contributed by atoms with van der Waals surface area (Å²) in [5, 5.41) is 0.409. The molecule has 0 spiro atoms. The van der Waals surface area contributed by atoms with E-state index in [-0.39, 0.29) is 22.3 Å². The third-order valence-corrected chi connectivity index (χ3v) is 3.65. The van der Waals surface area contributed by atoms with E-state index in [9.17, 15) is 9.59 Å². The highest BCUT2D eigenvalue weighted by Gasteiger charge is 2.15. The van der Waals surface area contributed by atoms with Gasteiger partial charge in [0.15, 0.2) is 5.58 Å². The first-order valence-electron chi connectivity index (χ1n) is 5.09. The van der Waals surface area contributed by atoms with Crippen molar-refractivity contribution in [3.8, 4) is 0 Å². The molecule has 3 rings (SSSR count). The smallest absolute Gasteiger partial charge is 0.349 e. The average Bonchev–Trinajstić information content (AvgIpc) is 2.30. The molecule has 8 heteroatoms. The summed E-state index contributed by atoms with van der Waals surface area (Å²) in [5.74, 6) is -0.0539. The van der Waals surface area contributed by atoms with Crippen LogP contribution in [0.2, 0.25) is 0 Å². The van der Waals surface area contributed by atoms with Crippen LogP contribution < -0.4 is 16.9 Å². The highest BCUT2D eigenvalue weighted by Crippen LogP contribution is 2.29. The number of aromatic nitrogens is 2. The molecule has 0 bridgehead atoms. The van der Waals surface area contributed by atoms with E-state index in [4.69, 9.17) is 10.2 Å². The molecule has 0 unspecified atom stereocenters. The second-order valence-electron chi connectivity index (χ2n) is 3.83. The molecule has 0 aliphatic carbocycles. The van der Waals surface area contributed by atoms with Crippen molar-refractivity contribution in [3.63, 3.8) is 0 Å². The zero-order chi connectivity index (χ0) is 13.7. The quantitative estimate of drug-likeness (QED) is 0.576. The van der Waals surface area contributed by atoms with Gasteiger partial charge in [-0.2, -0.15) is 4.98 Å². The largest absolute Gasteiger partial charge is 0.436 e. The third-order valence-electron chi connectivity index (χ3n) is 2.61. The van der Waals surface area contributed by atoms with Crippen LogP contribution >= 0.6 is 31.9 Å². The number of hydrogen-bond donors (Lipinski definition) is 2. The molecule has 0 saturated heterocycles. The molecule has 3 aromatic rings. The fraction of sp³-hybridized carbons (Fsp3) is 0. The standard InChI is InChI=1S/C11H5Br2N3O3/c12-3-1-4-7(17)6-9(14)15-11(18)16-10(6)19-8(4)5(13)2-3/h1-2H,(H3,14,15,16,18). The van der Waals surface area contributed by atoms with E-state index in [0.717, 1.165) is 4.47 Å². The molecule has 6 nitrogen and oxygen atoms in total. The van der Waals surface area contributed by atoms with E-state index < -0.39 is 5.69 Å². The summed E-state index contributed by atoms with van der Waals surface area (Å²) in [6, 6.07) is 3.35. The number of halogens is 2. The molecule has 19 heavy (non-hydrogen) atoms. The van der Waals surface area contributed by atoms with Crippen molar-refractivity contribution in [2.45, 2.75) is 0 Å². The van der Waals surface area contributed by atoms with Gasteiger partial charge in [-0.3, -0.25) is 9.78 Å². The van der Waals surface area contributed by atoms with Gasteiger partial charge in [-0.1, -0.05) is 15.9 Å². The van der Waals surface area contributed by atoms with Crippen molar-refractivity contribution in [1.29, 1.82) is 0 Å². The molecule has 2 aromatic heterocycles. The zero-order valence-corrected chi connectivity index (χ0v) is 12.3. The van der Waals surface area contributed by atoms with Gasteiger partial charge in [-0.05, 0) is 28.1 Å². The highest BCUT2D eigenvalue weighted by atomic mass is 79.9. The minimum absolute atomic E-state index is 0.0539. The molecule has 0 fully saturated rings. The summed E-state index contributed by atoms with van der Waals surface area (Å²) >= 11 is 6.59. The molecule has 0 atom stereocenters. The van der Waals surface area contributed by atoms with Crippen LogP contribution in [0.15, 0.2) is 35.1 Å². The Labute approximate surface area is 121 Å². The number of nitrogens with zero attached hydrogens (tertiary/aromatic N) is 1. The highest BCUT2D eigenvalue weighted by molar-refractivity contribution is 9.11. The number of nitrogen functional groups attached to an aromatic ring is 1. The van der Waals surface area contributed by atoms with Crippen molar-refractivity contribution in [2.24, 2.45) is 0 Å². The van der Waals surface area contributed by atoms with Crippen LogP contribution in [0, 0.1) is 0 Å². The normalized spacial score (nSPS) is 11.3. The van der Waals surface area contributed by atoms with Crippen molar-refractivity contribution >= 4 is 59.7 Å². The first-order valence-corrected chi connectivity index (χ1v) is 6.67. The van der Waals surface area contributed by atoms with Crippen molar-refractivity contribution < 1.29 is 4.42 Å². The van der Waals surface area contributed by atoms with Crippen molar-refractivity contribution in [3.05, 3.63) is 41.8 Å². The second-order valence-corrected chi connectivity index (χ2v) is 5.60. The minimum Gasteiger partial charge on any atom is -0.436 e. The Morgan fingerprint density at radius 1 is 1.26 bits per heavy atom. The van der Waals surface area contributed by atoms with Gasteiger partial charge in [0.25, 0.3) is 0 Å². The van der Waals surface area contributed by atoms with Gasteiger partial charge >= 0.3 is 5.69 Å². The lowest BCUT2D eigenvalue weighted by Gasteiger charge is -2.04. The van der Waals surface area contributed by atoms with E-state index in [0.29, 0.717) is 15.4 Å². The Morgan fingerprint density at radius 2 is 2.00 bits per heavy atom. The van der Waals surface area contributed by atoms with Crippen LogP contribution in [0.1, 0.15) is 0 Å². The summed E-state index contributed by atoms with van der Waals surface area (Å²) in [6.45, 7) is 0. The van der Waals surface area contributed by atoms with Gasteiger partial charge in [0, 0.05) is 4.47 Å². The maximum absolute atomic E-state index is 12.4. The summed E-state index contributed by atoms with van der Waals surface area (Å²) in [4.78, 5) is 29.5. The fourth-order valence-electron chi connectivity index (χ4n) is 1.83. The molecule has 2 heterocycles. The number of benzene rings is 1. The molecule has 0 aliphatic heterocycles. The third kappa shape index (κ3) is 1.87. The number of nitrogens with one attached hydrogen (secondary N) is 1. The molecule has 3 N–H and O–H groups in total. The molecule has 0 aliphatic rings. The van der Waals surface area contributed by atoms with Crippen LogP contribution in [0.25, 0.3) is 22.1 Å². The van der Waals surface area contributed by atoms with Crippen molar-refractivity contribution in [2.75, 3.05) is 5.73 Å². The van der Waals surface area contributed by atoms with Gasteiger partial charge in [0.1, 0.15) is 11.2 Å². The van der Waals surface area contributed by atoms with Gasteiger partial charge in [0.2, 0.25) is 11.1 Å². The number of rotatable bonds is 0. The topological polar surface area (TPSA) is 102 Å². The van der Waals surface area contributed by atoms with Crippen LogP contribution in [0.5, 0.6) is 0 Å². The van der Waals surface area contributed by atoms with Crippen LogP contribution in [0.3, 0.4) is 0 Å². The molecule has 0 amide bonds. The molecule has 0 saturated carbocycles. The SMILES string of the molecule is Nc1[nH]c(=O)nc2oc3c(Br)cc(Br)cc3c(=O)c12. The van der Waals surface area contributed by atoms with E-state index in [1.807, 2.05) is 0 Å². The first kappa shape index (κ1) is 12.4. The summed E-state index contributed by atoms with van der Waals surface area (Å²) in [5.41, 5.74) is 4.87. The fourth-order valence-corrected chi connectivity index (χ4v) is 3.13. The number of hydrogen-bond acceptors (Lipinski definition) is 5. The molecular weight excluding hydrogens is 382 g/mol. The summed E-state index contributed by atoms with van der Waals surface area (Å²) < 4.78 is 6.79. The lowest BCUT2D eigenvalue weighted by atomic mass is 10.2. The van der Waals surface area contributed by atoms with Gasteiger partial charge in [-0.15, -0.1) is 0 Å². The zero-order valence-electron chi connectivity index (χ0n) is 9.16. The Morgan fingerprint density at radius 3 is 2.74 bits per heavy atom. The van der Waals surface area contributed by atoms with E-state index in [1.165, 1.54) is 0 Å². The number of aromatic amines is 1. The molecule has 96 valence electrons. The van der Waals surface area contributed by atoms with Crippen LogP contribution in [-0.2, 0) is 0 Å². The lowest BCUT2D eigenvalue weighted by molar-refractivity contribution is 0.639. The number of anilines is 1. The first-order chi connectivity index (χ1) is 8.97. The van der Waals surface area contributed by atoms with E-state index in [2.05, 4.69) is 41.8 Å². The molecule has 1 aromatic carbocycles. The predicted octanol–water partition coefficient (Wildman–Crippen LogP) is 2.14. The summed E-state index contributed by atoms with van der Waals surface area (Å²) in [6.07, 6.45) is 0. The molecule has 0 radical (unpaired) electrons. The Bertz CT molecular complexity index is 946. The van der Waals surface area contributed by atoms with Gasteiger partial charge in [0.05, 0.1) is 9.86 Å². The van der Waals surface area contributed by atoms with E-state index >= 15 is 0 Å². The Kier molecular flexibility index (Phi) is 2.72. The number of nitrogens with two attached hydrogens (primary N) is 1. The predicted molar refractivity (Wildman–Crippen MR) is 78.2 cm³/mol. The monoisotopic (exact) mass is 385 g/mol. The van der Waals surface area contributed by atoms with E-state index in [1.54, 1.807) is 12.1 Å². The number of fused-ring (bicyclic) bond motifs is 2. The van der Waals surface area contributed by atoms with Crippen LogP contribution in [-0.4, -0.2) is 9.97 Å². The maximum atomic E-state index is 12.4. The Hall–Kier alpha value is -1.67. The minimum atomic E-state index is -0.666. The Balaban J connectivity index is 2.68. The average molecular weight is 387 g/mol. The van der Waals surface area contributed by atoms with Crippen molar-refractivity contribution in [1.82, 2.24) is 9.97 Å². The molecular formula is C11H5Br2N3O3. The van der Waals surface area contributed by atoms with Gasteiger partial charge in [-0.25, -0.2) is 4.79 Å².